The van der Waals surface area contributed by atoms with Gasteiger partial charge in [0.05, 0.1) is 10.2 Å². The van der Waals surface area contributed by atoms with Crippen LogP contribution in [0.3, 0.4) is 0 Å². The lowest BCUT2D eigenvalue weighted by Gasteiger charge is -2.05. The molecule has 2 rings (SSSR count). The van der Waals surface area contributed by atoms with E-state index in [0.29, 0.717) is 16.0 Å². The fraction of sp³-hybridized carbons (Fsp3) is 0.0714. The Morgan fingerprint density at radius 1 is 1.22 bits per heavy atom. The summed E-state index contributed by atoms with van der Waals surface area (Å²) in [6, 6.07) is 12.5. The maximum Gasteiger partial charge on any atom is 0.139 e. The molecule has 0 radical (unpaired) electrons. The minimum atomic E-state index is -0.347. The molecule has 0 fully saturated rings. The van der Waals surface area contributed by atoms with Crippen LogP contribution in [0.1, 0.15) is 11.1 Å². The van der Waals surface area contributed by atoms with Crippen LogP contribution in [0, 0.1) is 12.7 Å². The Labute approximate surface area is 113 Å². The van der Waals surface area contributed by atoms with Gasteiger partial charge < -0.3 is 5.73 Å². The molecule has 0 amide bonds. The molecular weight excluding hydrogens is 295 g/mol. The highest BCUT2D eigenvalue weighted by Gasteiger charge is 2.05. The van der Waals surface area contributed by atoms with E-state index < -0.39 is 0 Å². The smallest absolute Gasteiger partial charge is 0.139 e. The zero-order valence-corrected chi connectivity index (χ0v) is 11.4. The van der Waals surface area contributed by atoms with Crippen LogP contribution < -0.4 is 5.73 Å². The Balaban J connectivity index is 2.42. The standard InChI is InChI=1S/C14H12BrFN2/c1-9-7-11(15)12(16)8-13(9)18-14(17)10-5-3-2-4-6-10/h2-8H,1H3,(H2,17,18). The lowest BCUT2D eigenvalue weighted by atomic mass is 10.2. The summed E-state index contributed by atoms with van der Waals surface area (Å²) >= 11 is 3.14. The normalized spacial score (nSPS) is 11.6. The predicted molar refractivity (Wildman–Crippen MR) is 75.7 cm³/mol. The summed E-state index contributed by atoms with van der Waals surface area (Å²) in [4.78, 5) is 4.26. The van der Waals surface area contributed by atoms with E-state index in [4.69, 9.17) is 5.73 Å². The number of aliphatic imine (C=N–C) groups is 1. The maximum absolute atomic E-state index is 13.5. The average Bonchev–Trinajstić information content (AvgIpc) is 2.37. The summed E-state index contributed by atoms with van der Waals surface area (Å²) in [6.07, 6.45) is 0. The highest BCUT2D eigenvalue weighted by molar-refractivity contribution is 9.10. The fourth-order valence-corrected chi connectivity index (χ4v) is 2.02. The van der Waals surface area contributed by atoms with Gasteiger partial charge in [-0.2, -0.15) is 0 Å². The highest BCUT2D eigenvalue weighted by Crippen LogP contribution is 2.26. The summed E-state index contributed by atoms with van der Waals surface area (Å²) in [5, 5.41) is 0. The van der Waals surface area contributed by atoms with E-state index in [0.717, 1.165) is 11.1 Å². The van der Waals surface area contributed by atoms with Crippen molar-refractivity contribution in [2.24, 2.45) is 10.7 Å². The summed E-state index contributed by atoms with van der Waals surface area (Å²) in [6.45, 7) is 1.86. The molecule has 0 aliphatic rings. The van der Waals surface area contributed by atoms with E-state index >= 15 is 0 Å². The molecule has 0 bridgehead atoms. The number of aryl methyl sites for hydroxylation is 1. The van der Waals surface area contributed by atoms with Gasteiger partial charge in [0.1, 0.15) is 11.7 Å². The van der Waals surface area contributed by atoms with E-state index in [9.17, 15) is 4.39 Å². The van der Waals surface area contributed by atoms with Crippen molar-refractivity contribution in [2.45, 2.75) is 6.92 Å². The van der Waals surface area contributed by atoms with E-state index in [1.807, 2.05) is 37.3 Å². The second-order valence-electron chi connectivity index (χ2n) is 3.92. The Bertz CT molecular complexity index is 594. The predicted octanol–water partition coefficient (Wildman–Crippen LogP) is 3.93. The van der Waals surface area contributed by atoms with Gasteiger partial charge in [0.25, 0.3) is 0 Å². The van der Waals surface area contributed by atoms with Crippen LogP contribution in [0.25, 0.3) is 0 Å². The van der Waals surface area contributed by atoms with Crippen molar-refractivity contribution in [1.29, 1.82) is 0 Å². The molecule has 0 aliphatic heterocycles. The SMILES string of the molecule is Cc1cc(Br)c(F)cc1N=C(N)c1ccccc1. The van der Waals surface area contributed by atoms with Gasteiger partial charge in [-0.15, -0.1) is 0 Å². The summed E-state index contributed by atoms with van der Waals surface area (Å²) in [5.74, 6) is 0.0284. The molecular formula is C14H12BrFN2. The van der Waals surface area contributed by atoms with Gasteiger partial charge in [0, 0.05) is 11.6 Å². The molecule has 92 valence electrons. The van der Waals surface area contributed by atoms with Crippen molar-refractivity contribution in [1.82, 2.24) is 0 Å². The third-order valence-corrected chi connectivity index (χ3v) is 3.16. The average molecular weight is 307 g/mol. The lowest BCUT2D eigenvalue weighted by molar-refractivity contribution is 0.621. The Hall–Kier alpha value is -1.68. The van der Waals surface area contributed by atoms with Crippen molar-refractivity contribution in [3.63, 3.8) is 0 Å². The molecule has 2 nitrogen and oxygen atoms in total. The van der Waals surface area contributed by atoms with Crippen LogP contribution in [0.5, 0.6) is 0 Å². The summed E-state index contributed by atoms with van der Waals surface area (Å²) < 4.78 is 13.9. The first-order chi connectivity index (χ1) is 8.58. The van der Waals surface area contributed by atoms with Crippen LogP contribution in [0.4, 0.5) is 10.1 Å². The topological polar surface area (TPSA) is 38.4 Å². The second kappa shape index (κ2) is 5.31. The van der Waals surface area contributed by atoms with E-state index in [2.05, 4.69) is 20.9 Å². The highest BCUT2D eigenvalue weighted by atomic mass is 79.9. The number of rotatable bonds is 2. The third kappa shape index (κ3) is 2.76. The third-order valence-electron chi connectivity index (χ3n) is 2.55. The van der Waals surface area contributed by atoms with Crippen LogP contribution >= 0.6 is 15.9 Å². The van der Waals surface area contributed by atoms with Gasteiger partial charge in [-0.1, -0.05) is 30.3 Å². The zero-order chi connectivity index (χ0) is 13.1. The molecule has 0 aliphatic carbocycles. The minimum Gasteiger partial charge on any atom is -0.383 e. The van der Waals surface area contributed by atoms with Gasteiger partial charge >= 0.3 is 0 Å². The van der Waals surface area contributed by atoms with E-state index in [1.54, 1.807) is 6.07 Å². The van der Waals surface area contributed by atoms with Crippen molar-refractivity contribution in [2.75, 3.05) is 0 Å². The number of nitrogens with two attached hydrogens (primary N) is 1. The van der Waals surface area contributed by atoms with Gasteiger partial charge in [-0.3, -0.25) is 0 Å². The number of hydrogen-bond acceptors (Lipinski definition) is 1. The Kier molecular flexibility index (Phi) is 3.77. The van der Waals surface area contributed by atoms with E-state index in [-0.39, 0.29) is 5.82 Å². The van der Waals surface area contributed by atoms with Gasteiger partial charge in [0.2, 0.25) is 0 Å². The molecule has 18 heavy (non-hydrogen) atoms. The Morgan fingerprint density at radius 3 is 2.56 bits per heavy atom. The largest absolute Gasteiger partial charge is 0.383 e. The lowest BCUT2D eigenvalue weighted by Crippen LogP contribution is -2.12. The quantitative estimate of drug-likeness (QED) is 0.662. The first-order valence-corrected chi connectivity index (χ1v) is 6.22. The molecule has 2 aromatic carbocycles. The number of halogens is 2. The molecule has 0 unspecified atom stereocenters. The summed E-state index contributed by atoms with van der Waals surface area (Å²) in [7, 11) is 0. The number of benzene rings is 2. The fourth-order valence-electron chi connectivity index (χ4n) is 1.56. The molecule has 0 aromatic heterocycles. The minimum absolute atomic E-state index is 0.347. The monoisotopic (exact) mass is 306 g/mol. The van der Waals surface area contributed by atoms with E-state index in [1.165, 1.54) is 6.07 Å². The number of amidine groups is 1. The van der Waals surface area contributed by atoms with Gasteiger partial charge in [-0.05, 0) is 34.5 Å². The van der Waals surface area contributed by atoms with Crippen LogP contribution in [-0.4, -0.2) is 5.84 Å². The molecule has 0 saturated heterocycles. The van der Waals surface area contributed by atoms with Crippen molar-refractivity contribution >= 4 is 27.5 Å². The molecule has 0 spiro atoms. The number of nitrogens with zero attached hydrogens (tertiary/aromatic N) is 1. The van der Waals surface area contributed by atoms with Crippen molar-refractivity contribution in [3.8, 4) is 0 Å². The van der Waals surface area contributed by atoms with Crippen LogP contribution in [0.2, 0.25) is 0 Å². The molecule has 4 heteroatoms. The first-order valence-electron chi connectivity index (χ1n) is 5.43. The zero-order valence-electron chi connectivity index (χ0n) is 9.82. The molecule has 0 saturated carbocycles. The molecule has 0 atom stereocenters. The van der Waals surface area contributed by atoms with Crippen LogP contribution in [0.15, 0.2) is 51.9 Å². The van der Waals surface area contributed by atoms with Crippen LogP contribution in [-0.2, 0) is 0 Å². The van der Waals surface area contributed by atoms with Gasteiger partial charge in [-0.25, -0.2) is 9.38 Å². The molecule has 0 heterocycles. The van der Waals surface area contributed by atoms with Crippen molar-refractivity contribution in [3.05, 3.63) is 63.9 Å². The first kappa shape index (κ1) is 12.8. The Morgan fingerprint density at radius 2 is 1.89 bits per heavy atom. The molecule has 2 N–H and O–H groups in total. The van der Waals surface area contributed by atoms with Crippen molar-refractivity contribution < 1.29 is 4.39 Å². The second-order valence-corrected chi connectivity index (χ2v) is 4.77. The maximum atomic E-state index is 13.5. The number of hydrogen-bond donors (Lipinski definition) is 1. The summed E-state index contributed by atoms with van der Waals surface area (Å²) in [5.41, 5.74) is 8.12. The van der Waals surface area contributed by atoms with Gasteiger partial charge in [0.15, 0.2) is 0 Å². The molecule has 2 aromatic rings.